The summed E-state index contributed by atoms with van der Waals surface area (Å²) in [4.78, 5) is 33.9. The molecule has 0 atom stereocenters. The van der Waals surface area contributed by atoms with Crippen molar-refractivity contribution >= 4 is 50.4 Å². The Kier molecular flexibility index (Phi) is 5.53. The first kappa shape index (κ1) is 20.8. The van der Waals surface area contributed by atoms with Crippen molar-refractivity contribution in [2.24, 2.45) is 5.73 Å². The van der Waals surface area contributed by atoms with Crippen molar-refractivity contribution < 1.29 is 9.59 Å². The number of nitrogens with one attached hydrogen (secondary N) is 1. The van der Waals surface area contributed by atoms with Gasteiger partial charge in [-0.15, -0.1) is 22.7 Å². The van der Waals surface area contributed by atoms with E-state index in [0.29, 0.717) is 16.1 Å². The highest BCUT2D eigenvalue weighted by Crippen LogP contribution is 2.38. The minimum absolute atomic E-state index is 0.253. The second-order valence-corrected chi connectivity index (χ2v) is 10.5. The predicted molar refractivity (Wildman–Crippen MR) is 132 cm³/mol. The second kappa shape index (κ2) is 8.48. The number of anilines is 1. The molecular formula is C25H23N3O2S2. The molecule has 0 fully saturated rings. The first-order chi connectivity index (χ1) is 15.5. The lowest BCUT2D eigenvalue weighted by molar-refractivity contribution is 0.100. The number of hydrogen-bond donors (Lipinski definition) is 2. The van der Waals surface area contributed by atoms with Crippen LogP contribution in [0.1, 0.15) is 55.3 Å². The number of rotatable bonds is 4. The molecule has 0 radical (unpaired) electrons. The highest BCUT2D eigenvalue weighted by Gasteiger charge is 2.25. The zero-order valence-electron chi connectivity index (χ0n) is 17.7. The van der Waals surface area contributed by atoms with Crippen LogP contribution in [0, 0.1) is 6.92 Å². The SMILES string of the molecule is Cc1ccc(-c2cc(C(=O)Nc3sc4c(c3C(N)=O)CCCCC4)c3ccccc3n2)s1. The van der Waals surface area contributed by atoms with E-state index in [9.17, 15) is 9.59 Å². The molecule has 4 aromatic rings. The number of amides is 2. The van der Waals surface area contributed by atoms with Gasteiger partial charge in [-0.25, -0.2) is 4.98 Å². The summed E-state index contributed by atoms with van der Waals surface area (Å²) in [5, 5.41) is 4.35. The van der Waals surface area contributed by atoms with Crippen LogP contribution in [0.4, 0.5) is 5.00 Å². The molecular weight excluding hydrogens is 438 g/mol. The minimum Gasteiger partial charge on any atom is -0.365 e. The molecule has 3 aromatic heterocycles. The number of primary amides is 1. The quantitative estimate of drug-likeness (QED) is 0.368. The Morgan fingerprint density at radius 1 is 1.03 bits per heavy atom. The van der Waals surface area contributed by atoms with Gasteiger partial charge in [0.05, 0.1) is 27.2 Å². The van der Waals surface area contributed by atoms with Crippen LogP contribution >= 0.6 is 22.7 Å². The van der Waals surface area contributed by atoms with Crippen LogP contribution in [-0.2, 0) is 12.8 Å². The first-order valence-corrected chi connectivity index (χ1v) is 12.4. The van der Waals surface area contributed by atoms with E-state index < -0.39 is 5.91 Å². The number of aromatic nitrogens is 1. The number of carbonyl (C=O) groups excluding carboxylic acids is 2. The third-order valence-electron chi connectivity index (χ3n) is 5.85. The molecule has 1 aliphatic carbocycles. The zero-order valence-corrected chi connectivity index (χ0v) is 19.4. The van der Waals surface area contributed by atoms with Crippen LogP contribution in [0.2, 0.25) is 0 Å². The normalized spacial score (nSPS) is 13.5. The largest absolute Gasteiger partial charge is 0.365 e. The van der Waals surface area contributed by atoms with Crippen LogP contribution in [0.25, 0.3) is 21.5 Å². The highest BCUT2D eigenvalue weighted by molar-refractivity contribution is 7.17. The number of hydrogen-bond acceptors (Lipinski definition) is 5. The number of nitrogens with zero attached hydrogens (tertiary/aromatic N) is 1. The van der Waals surface area contributed by atoms with Crippen molar-refractivity contribution in [3.63, 3.8) is 0 Å². The maximum Gasteiger partial charge on any atom is 0.257 e. The molecule has 0 unspecified atom stereocenters. The van der Waals surface area contributed by atoms with Crippen LogP contribution in [-0.4, -0.2) is 16.8 Å². The standard InChI is InChI=1S/C25H23N3O2S2/c1-14-11-12-21(31-14)19-13-17(15-7-5-6-9-18(15)27-19)24(30)28-25-22(23(26)29)16-8-3-2-4-10-20(16)32-25/h5-7,9,11-13H,2-4,8,10H2,1H3,(H2,26,29)(H,28,30). The summed E-state index contributed by atoms with van der Waals surface area (Å²) in [6.07, 6.45) is 5.04. The maximum absolute atomic E-state index is 13.5. The van der Waals surface area contributed by atoms with Crippen LogP contribution in [0.3, 0.4) is 0 Å². The topological polar surface area (TPSA) is 85.1 Å². The van der Waals surface area contributed by atoms with E-state index in [2.05, 4.69) is 18.3 Å². The number of pyridine rings is 1. The summed E-state index contributed by atoms with van der Waals surface area (Å²) in [5.74, 6) is -0.730. The molecule has 1 aromatic carbocycles. The van der Waals surface area contributed by atoms with Crippen molar-refractivity contribution in [1.29, 1.82) is 0 Å². The fraction of sp³-hybridized carbons (Fsp3) is 0.240. The Morgan fingerprint density at radius 2 is 1.84 bits per heavy atom. The van der Waals surface area contributed by atoms with E-state index >= 15 is 0 Å². The molecule has 5 nitrogen and oxygen atoms in total. The van der Waals surface area contributed by atoms with E-state index in [-0.39, 0.29) is 5.91 Å². The number of thiophene rings is 2. The fourth-order valence-corrected chi connectivity index (χ4v) is 6.44. The average molecular weight is 462 g/mol. The molecule has 32 heavy (non-hydrogen) atoms. The molecule has 2 amide bonds. The van der Waals surface area contributed by atoms with Gasteiger partial charge < -0.3 is 11.1 Å². The number of nitrogens with two attached hydrogens (primary N) is 1. The van der Waals surface area contributed by atoms with Gasteiger partial charge in [-0.2, -0.15) is 0 Å². The monoisotopic (exact) mass is 461 g/mol. The van der Waals surface area contributed by atoms with E-state index in [4.69, 9.17) is 10.7 Å². The molecule has 162 valence electrons. The predicted octanol–water partition coefficient (Wildman–Crippen LogP) is 5.95. The van der Waals surface area contributed by atoms with Gasteiger partial charge in [-0.3, -0.25) is 9.59 Å². The van der Waals surface area contributed by atoms with Gasteiger partial charge in [0.15, 0.2) is 0 Å². The second-order valence-electron chi connectivity index (χ2n) is 8.07. The minimum atomic E-state index is -0.478. The zero-order chi connectivity index (χ0) is 22.2. The molecule has 0 aliphatic heterocycles. The Hall–Kier alpha value is -3.03. The Morgan fingerprint density at radius 3 is 2.62 bits per heavy atom. The first-order valence-electron chi connectivity index (χ1n) is 10.7. The lowest BCUT2D eigenvalue weighted by atomic mass is 10.0. The van der Waals surface area contributed by atoms with E-state index in [1.54, 1.807) is 11.3 Å². The van der Waals surface area contributed by atoms with Crippen molar-refractivity contribution in [2.45, 2.75) is 39.0 Å². The number of carbonyl (C=O) groups is 2. The summed E-state index contributed by atoms with van der Waals surface area (Å²) in [6.45, 7) is 2.05. The summed E-state index contributed by atoms with van der Waals surface area (Å²) < 4.78 is 0. The number of benzene rings is 1. The number of aryl methyl sites for hydroxylation is 2. The molecule has 3 N–H and O–H groups in total. The summed E-state index contributed by atoms with van der Waals surface area (Å²) in [6, 6.07) is 13.6. The maximum atomic E-state index is 13.5. The Labute approximate surface area is 194 Å². The van der Waals surface area contributed by atoms with Crippen molar-refractivity contribution in [1.82, 2.24) is 4.98 Å². The summed E-state index contributed by atoms with van der Waals surface area (Å²) in [7, 11) is 0. The molecule has 5 rings (SSSR count). The van der Waals surface area contributed by atoms with E-state index in [0.717, 1.165) is 59.1 Å². The summed E-state index contributed by atoms with van der Waals surface area (Å²) >= 11 is 3.14. The average Bonchev–Trinajstić information content (AvgIpc) is 3.28. The summed E-state index contributed by atoms with van der Waals surface area (Å²) in [5.41, 5.74) is 9.31. The van der Waals surface area contributed by atoms with E-state index in [1.807, 2.05) is 36.4 Å². The molecule has 0 saturated carbocycles. The molecule has 0 bridgehead atoms. The lowest BCUT2D eigenvalue weighted by Crippen LogP contribution is -2.18. The van der Waals surface area contributed by atoms with Crippen molar-refractivity contribution in [3.05, 3.63) is 68.9 Å². The molecule has 7 heteroatoms. The molecule has 3 heterocycles. The van der Waals surface area contributed by atoms with Crippen molar-refractivity contribution in [3.8, 4) is 10.6 Å². The number of para-hydroxylation sites is 1. The third-order valence-corrected chi connectivity index (χ3v) is 8.08. The van der Waals surface area contributed by atoms with Gasteiger partial charge in [-0.1, -0.05) is 24.6 Å². The van der Waals surface area contributed by atoms with Crippen molar-refractivity contribution in [2.75, 3.05) is 5.32 Å². The van der Waals surface area contributed by atoms with Gasteiger partial charge >= 0.3 is 0 Å². The lowest BCUT2D eigenvalue weighted by Gasteiger charge is -2.10. The number of fused-ring (bicyclic) bond motifs is 2. The van der Waals surface area contributed by atoms with E-state index in [1.165, 1.54) is 21.1 Å². The Balaban J connectivity index is 1.58. The van der Waals surface area contributed by atoms with Gasteiger partial charge in [0, 0.05) is 15.1 Å². The molecule has 1 aliphatic rings. The molecule has 0 saturated heterocycles. The molecule has 0 spiro atoms. The van der Waals surface area contributed by atoms with Crippen LogP contribution < -0.4 is 11.1 Å². The highest BCUT2D eigenvalue weighted by atomic mass is 32.1. The van der Waals surface area contributed by atoms with Crippen LogP contribution in [0.5, 0.6) is 0 Å². The van der Waals surface area contributed by atoms with Gasteiger partial charge in [0.1, 0.15) is 5.00 Å². The van der Waals surface area contributed by atoms with Gasteiger partial charge in [0.25, 0.3) is 11.8 Å². The Bertz CT molecular complexity index is 1350. The smallest absolute Gasteiger partial charge is 0.257 e. The fourth-order valence-electron chi connectivity index (χ4n) is 4.32. The van der Waals surface area contributed by atoms with Gasteiger partial charge in [-0.05, 0) is 62.4 Å². The third kappa shape index (κ3) is 3.82. The van der Waals surface area contributed by atoms with Gasteiger partial charge in [0.2, 0.25) is 0 Å². The van der Waals surface area contributed by atoms with Crippen LogP contribution in [0.15, 0.2) is 42.5 Å².